The maximum atomic E-state index is 12.0. The molecule has 7 heteroatoms. The number of halogens is 1. The van der Waals surface area contributed by atoms with E-state index < -0.39 is 16.0 Å². The van der Waals surface area contributed by atoms with Gasteiger partial charge in [-0.15, -0.1) is 0 Å². The molecule has 22 heavy (non-hydrogen) atoms. The lowest BCUT2D eigenvalue weighted by atomic mass is 10.1. The monoisotopic (exact) mass is 347 g/mol. The third-order valence-electron chi connectivity index (χ3n) is 3.22. The minimum absolute atomic E-state index is 0.175. The molecule has 0 saturated heterocycles. The Kier molecular flexibility index (Phi) is 8.45. The number of carboxylic acids is 1. The van der Waals surface area contributed by atoms with Gasteiger partial charge in [0.1, 0.15) is 0 Å². The molecular formula is C15H22ClNO4S. The van der Waals surface area contributed by atoms with Crippen LogP contribution >= 0.6 is 11.6 Å². The van der Waals surface area contributed by atoms with Crippen LogP contribution in [0.3, 0.4) is 0 Å². The number of sulfonamides is 1. The van der Waals surface area contributed by atoms with Crippen LogP contribution in [0, 0.1) is 0 Å². The van der Waals surface area contributed by atoms with Crippen LogP contribution in [0.4, 0.5) is 0 Å². The molecule has 0 atom stereocenters. The summed E-state index contributed by atoms with van der Waals surface area (Å²) < 4.78 is 26.5. The Morgan fingerprint density at radius 1 is 1.09 bits per heavy atom. The second-order valence-electron chi connectivity index (χ2n) is 5.12. The molecule has 0 heterocycles. The largest absolute Gasteiger partial charge is 0.481 e. The van der Waals surface area contributed by atoms with Crippen molar-refractivity contribution in [1.29, 1.82) is 0 Å². The Morgan fingerprint density at radius 3 is 2.36 bits per heavy atom. The van der Waals surface area contributed by atoms with E-state index in [1.165, 1.54) is 12.1 Å². The zero-order chi connectivity index (χ0) is 16.4. The maximum Gasteiger partial charge on any atom is 0.303 e. The summed E-state index contributed by atoms with van der Waals surface area (Å²) in [7, 11) is -3.49. The zero-order valence-electron chi connectivity index (χ0n) is 12.4. The van der Waals surface area contributed by atoms with Gasteiger partial charge in [-0.05, 0) is 31.0 Å². The highest BCUT2D eigenvalue weighted by Crippen LogP contribution is 2.15. The molecule has 1 aromatic rings. The fourth-order valence-corrected chi connectivity index (χ4v) is 3.41. The van der Waals surface area contributed by atoms with E-state index in [0.29, 0.717) is 18.0 Å². The average Bonchev–Trinajstić information content (AvgIpc) is 2.45. The van der Waals surface area contributed by atoms with Crippen molar-refractivity contribution in [3.05, 3.63) is 29.3 Å². The van der Waals surface area contributed by atoms with Crippen molar-refractivity contribution in [2.75, 3.05) is 6.54 Å². The van der Waals surface area contributed by atoms with E-state index in [4.69, 9.17) is 16.7 Å². The number of rotatable bonds is 11. The fraction of sp³-hybridized carbons (Fsp3) is 0.533. The third-order valence-corrected chi connectivity index (χ3v) is 4.91. The van der Waals surface area contributed by atoms with Crippen LogP contribution in [-0.2, 0) is 14.8 Å². The van der Waals surface area contributed by atoms with E-state index in [1.807, 2.05) is 0 Å². The van der Waals surface area contributed by atoms with E-state index >= 15 is 0 Å². The van der Waals surface area contributed by atoms with Gasteiger partial charge in [-0.1, -0.05) is 43.4 Å². The SMILES string of the molecule is O=C(O)CCCCCCCCNS(=O)(=O)c1cccc(Cl)c1. The number of hydrogen-bond acceptors (Lipinski definition) is 3. The van der Waals surface area contributed by atoms with Crippen LogP contribution in [0.15, 0.2) is 29.2 Å². The first-order chi connectivity index (χ1) is 10.4. The topological polar surface area (TPSA) is 83.5 Å². The fourth-order valence-electron chi connectivity index (χ4n) is 2.03. The quantitative estimate of drug-likeness (QED) is 0.601. The minimum Gasteiger partial charge on any atom is -0.481 e. The number of nitrogens with one attached hydrogen (secondary N) is 1. The van der Waals surface area contributed by atoms with Gasteiger partial charge in [-0.3, -0.25) is 4.79 Å². The normalized spacial score (nSPS) is 11.5. The van der Waals surface area contributed by atoms with Crippen molar-refractivity contribution in [2.45, 2.75) is 49.8 Å². The van der Waals surface area contributed by atoms with Crippen LogP contribution in [0.2, 0.25) is 5.02 Å². The van der Waals surface area contributed by atoms with Crippen molar-refractivity contribution in [3.8, 4) is 0 Å². The Morgan fingerprint density at radius 2 is 1.73 bits per heavy atom. The number of unbranched alkanes of at least 4 members (excludes halogenated alkanes) is 5. The third kappa shape index (κ3) is 7.77. The smallest absolute Gasteiger partial charge is 0.303 e. The lowest BCUT2D eigenvalue weighted by Crippen LogP contribution is -2.24. The highest BCUT2D eigenvalue weighted by Gasteiger charge is 2.12. The van der Waals surface area contributed by atoms with Crippen molar-refractivity contribution in [3.63, 3.8) is 0 Å². The molecule has 0 aliphatic heterocycles. The van der Waals surface area contributed by atoms with Crippen LogP contribution in [-0.4, -0.2) is 26.0 Å². The molecule has 0 spiro atoms. The highest BCUT2D eigenvalue weighted by atomic mass is 35.5. The highest BCUT2D eigenvalue weighted by molar-refractivity contribution is 7.89. The summed E-state index contributed by atoms with van der Waals surface area (Å²) in [6.45, 7) is 0.393. The van der Waals surface area contributed by atoms with Gasteiger partial charge in [0.25, 0.3) is 0 Å². The predicted molar refractivity (Wildman–Crippen MR) is 86.6 cm³/mol. The standard InChI is InChI=1S/C15H22ClNO4S/c16-13-8-7-9-14(12-13)22(20,21)17-11-6-4-2-1-3-5-10-15(18)19/h7-9,12,17H,1-6,10-11H2,(H,18,19). The summed E-state index contributed by atoms with van der Waals surface area (Å²) in [5, 5.41) is 8.89. The van der Waals surface area contributed by atoms with Gasteiger partial charge >= 0.3 is 5.97 Å². The molecule has 5 nitrogen and oxygen atoms in total. The molecule has 0 aromatic heterocycles. The van der Waals surface area contributed by atoms with E-state index in [1.54, 1.807) is 12.1 Å². The van der Waals surface area contributed by atoms with Crippen LogP contribution < -0.4 is 4.72 Å². The molecule has 2 N–H and O–H groups in total. The van der Waals surface area contributed by atoms with E-state index in [2.05, 4.69) is 4.72 Å². The summed E-state index contributed by atoms with van der Waals surface area (Å²) in [6.07, 6.45) is 5.48. The Labute approximate surface area is 136 Å². The van der Waals surface area contributed by atoms with Gasteiger partial charge in [0.2, 0.25) is 10.0 Å². The van der Waals surface area contributed by atoms with E-state index in [9.17, 15) is 13.2 Å². The molecule has 0 radical (unpaired) electrons. The van der Waals surface area contributed by atoms with Crippen molar-refractivity contribution in [1.82, 2.24) is 4.72 Å². The summed E-state index contributed by atoms with van der Waals surface area (Å²) in [6, 6.07) is 6.17. The number of carboxylic acid groups (broad SMARTS) is 1. The zero-order valence-corrected chi connectivity index (χ0v) is 14.0. The molecule has 0 aliphatic rings. The summed E-state index contributed by atoms with van der Waals surface area (Å²) in [4.78, 5) is 10.5. The summed E-state index contributed by atoms with van der Waals surface area (Å²) >= 11 is 5.79. The Hall–Kier alpha value is -1.11. The number of aliphatic carboxylic acids is 1. The van der Waals surface area contributed by atoms with Gasteiger partial charge in [-0.2, -0.15) is 0 Å². The van der Waals surface area contributed by atoms with Crippen LogP contribution in [0.25, 0.3) is 0 Å². The van der Waals surface area contributed by atoms with Gasteiger partial charge in [0.15, 0.2) is 0 Å². The van der Waals surface area contributed by atoms with Crippen LogP contribution in [0.5, 0.6) is 0 Å². The minimum atomic E-state index is -3.49. The van der Waals surface area contributed by atoms with Crippen molar-refractivity contribution in [2.24, 2.45) is 0 Å². The molecule has 0 bridgehead atoms. The van der Waals surface area contributed by atoms with E-state index in [-0.39, 0.29) is 11.3 Å². The lowest BCUT2D eigenvalue weighted by molar-refractivity contribution is -0.137. The molecule has 0 aliphatic carbocycles. The molecule has 1 rings (SSSR count). The van der Waals surface area contributed by atoms with Gasteiger partial charge in [-0.25, -0.2) is 13.1 Å². The van der Waals surface area contributed by atoms with Crippen molar-refractivity contribution >= 4 is 27.6 Å². The molecule has 124 valence electrons. The van der Waals surface area contributed by atoms with E-state index in [0.717, 1.165) is 32.1 Å². The Bertz CT molecular complexity index is 575. The molecular weight excluding hydrogens is 326 g/mol. The molecule has 0 unspecified atom stereocenters. The first-order valence-electron chi connectivity index (χ1n) is 7.39. The second kappa shape index (κ2) is 9.82. The lowest BCUT2D eigenvalue weighted by Gasteiger charge is -2.07. The molecule has 1 aromatic carbocycles. The average molecular weight is 348 g/mol. The first kappa shape index (κ1) is 18.9. The molecule has 0 amide bonds. The van der Waals surface area contributed by atoms with Gasteiger partial charge in [0, 0.05) is 18.0 Å². The predicted octanol–water partition coefficient (Wildman–Crippen LogP) is 3.43. The molecule has 0 saturated carbocycles. The molecule has 0 fully saturated rings. The number of benzene rings is 1. The Balaban J connectivity index is 2.15. The first-order valence-corrected chi connectivity index (χ1v) is 9.25. The van der Waals surface area contributed by atoms with Crippen molar-refractivity contribution < 1.29 is 18.3 Å². The van der Waals surface area contributed by atoms with Gasteiger partial charge < -0.3 is 5.11 Å². The van der Waals surface area contributed by atoms with Crippen LogP contribution in [0.1, 0.15) is 44.9 Å². The number of hydrogen-bond donors (Lipinski definition) is 2. The van der Waals surface area contributed by atoms with Gasteiger partial charge in [0.05, 0.1) is 4.90 Å². The number of carbonyl (C=O) groups is 1. The summed E-state index contributed by atoms with van der Waals surface area (Å²) in [5.74, 6) is -0.754. The summed E-state index contributed by atoms with van der Waals surface area (Å²) in [5.41, 5.74) is 0. The maximum absolute atomic E-state index is 12.0. The second-order valence-corrected chi connectivity index (χ2v) is 7.32.